The minimum Gasteiger partial charge on any atom is -0.0827 e. The second kappa shape index (κ2) is 7.66. The Morgan fingerprint density at radius 2 is 1.22 bits per heavy atom. The SMILES string of the molecule is CC1C[C@H]1c1ccc2c(-c3ccccc3)c3ccccc3c(-c3ccc(Cl)c(Cl)c3)c2c1. The van der Waals surface area contributed by atoms with E-state index in [1.807, 2.05) is 12.1 Å². The molecule has 2 atom stereocenters. The van der Waals surface area contributed by atoms with Gasteiger partial charge in [0.15, 0.2) is 0 Å². The van der Waals surface area contributed by atoms with Crippen LogP contribution in [-0.2, 0) is 0 Å². The maximum Gasteiger partial charge on any atom is 0.0598 e. The van der Waals surface area contributed by atoms with Gasteiger partial charge in [0.1, 0.15) is 0 Å². The standard InChI is InChI=1S/C30H22Cl2/c1-18-15-25(18)20-11-13-24-26(16-20)30(21-12-14-27(31)28(32)17-21)23-10-6-5-9-22(23)29(24)19-7-3-2-4-8-19/h2-14,16-18,25H,15H2,1H3/t18?,25-/m1/s1. The molecule has 0 aliphatic heterocycles. The first-order valence-electron chi connectivity index (χ1n) is 11.1. The number of hydrogen-bond donors (Lipinski definition) is 0. The minimum atomic E-state index is 0.581. The fraction of sp³-hybridized carbons (Fsp3) is 0.133. The van der Waals surface area contributed by atoms with Crippen LogP contribution in [0.2, 0.25) is 10.0 Å². The predicted molar refractivity (Wildman–Crippen MR) is 139 cm³/mol. The predicted octanol–water partition coefficient (Wildman–Crippen LogP) is 9.76. The number of benzene rings is 5. The van der Waals surface area contributed by atoms with Crippen molar-refractivity contribution in [3.8, 4) is 22.3 Å². The van der Waals surface area contributed by atoms with Gasteiger partial charge < -0.3 is 0 Å². The molecule has 0 spiro atoms. The van der Waals surface area contributed by atoms with Crippen molar-refractivity contribution in [1.29, 1.82) is 0 Å². The molecule has 156 valence electrons. The molecule has 6 rings (SSSR count). The van der Waals surface area contributed by atoms with Crippen LogP contribution in [0.15, 0.2) is 91.0 Å². The topological polar surface area (TPSA) is 0 Å². The Balaban J connectivity index is 1.78. The van der Waals surface area contributed by atoms with Crippen molar-refractivity contribution < 1.29 is 0 Å². The zero-order chi connectivity index (χ0) is 21.8. The van der Waals surface area contributed by atoms with Gasteiger partial charge in [-0.3, -0.25) is 0 Å². The Morgan fingerprint density at radius 1 is 0.594 bits per heavy atom. The largest absolute Gasteiger partial charge is 0.0827 e. The van der Waals surface area contributed by atoms with Gasteiger partial charge in [-0.25, -0.2) is 0 Å². The Hall–Kier alpha value is -2.80. The first kappa shape index (κ1) is 19.9. The average Bonchev–Trinajstić information content (AvgIpc) is 3.56. The van der Waals surface area contributed by atoms with Crippen LogP contribution >= 0.6 is 23.2 Å². The summed E-state index contributed by atoms with van der Waals surface area (Å²) in [5.74, 6) is 1.42. The first-order chi connectivity index (χ1) is 15.6. The van der Waals surface area contributed by atoms with Gasteiger partial charge in [-0.1, -0.05) is 109 Å². The average molecular weight is 453 g/mol. The summed E-state index contributed by atoms with van der Waals surface area (Å²) in [5.41, 5.74) is 6.28. The van der Waals surface area contributed by atoms with E-state index >= 15 is 0 Å². The molecule has 0 amide bonds. The highest BCUT2D eigenvalue weighted by atomic mass is 35.5. The third kappa shape index (κ3) is 3.22. The van der Waals surface area contributed by atoms with Crippen molar-refractivity contribution in [1.82, 2.24) is 0 Å². The quantitative estimate of drug-likeness (QED) is 0.239. The summed E-state index contributed by atoms with van der Waals surface area (Å²) in [6, 6.07) is 32.5. The van der Waals surface area contributed by atoms with E-state index in [0.717, 1.165) is 11.5 Å². The molecule has 1 aliphatic rings. The monoisotopic (exact) mass is 452 g/mol. The van der Waals surface area contributed by atoms with Crippen LogP contribution in [0.3, 0.4) is 0 Å². The number of hydrogen-bond acceptors (Lipinski definition) is 0. The lowest BCUT2D eigenvalue weighted by atomic mass is 9.85. The molecule has 5 aromatic rings. The highest BCUT2D eigenvalue weighted by Gasteiger charge is 2.34. The Morgan fingerprint density at radius 3 is 1.88 bits per heavy atom. The molecule has 0 radical (unpaired) electrons. The fourth-order valence-corrected chi connectivity index (χ4v) is 5.39. The fourth-order valence-electron chi connectivity index (χ4n) is 5.09. The third-order valence-electron chi connectivity index (χ3n) is 6.86. The summed E-state index contributed by atoms with van der Waals surface area (Å²) in [6.07, 6.45) is 1.27. The molecule has 0 nitrogen and oxygen atoms in total. The number of halogens is 2. The lowest BCUT2D eigenvalue weighted by molar-refractivity contribution is 0.916. The zero-order valence-electron chi connectivity index (χ0n) is 17.8. The lowest BCUT2D eigenvalue weighted by Gasteiger charge is -2.19. The molecule has 1 fully saturated rings. The first-order valence-corrected chi connectivity index (χ1v) is 11.9. The zero-order valence-corrected chi connectivity index (χ0v) is 19.3. The van der Waals surface area contributed by atoms with Crippen LogP contribution in [0.25, 0.3) is 43.8 Å². The molecular weight excluding hydrogens is 431 g/mol. The van der Waals surface area contributed by atoms with Crippen LogP contribution in [0, 0.1) is 5.92 Å². The van der Waals surface area contributed by atoms with Gasteiger partial charge in [-0.2, -0.15) is 0 Å². The van der Waals surface area contributed by atoms with Crippen LogP contribution in [0.4, 0.5) is 0 Å². The van der Waals surface area contributed by atoms with Gasteiger partial charge in [0.2, 0.25) is 0 Å². The van der Waals surface area contributed by atoms with E-state index in [2.05, 4.69) is 85.8 Å². The maximum atomic E-state index is 6.47. The van der Waals surface area contributed by atoms with E-state index in [4.69, 9.17) is 23.2 Å². The molecule has 1 saturated carbocycles. The Kier molecular flexibility index (Phi) is 4.75. The number of rotatable bonds is 3. The summed E-state index contributed by atoms with van der Waals surface area (Å²) in [4.78, 5) is 0. The van der Waals surface area contributed by atoms with Gasteiger partial charge in [0.05, 0.1) is 10.0 Å². The van der Waals surface area contributed by atoms with E-state index in [-0.39, 0.29) is 0 Å². The van der Waals surface area contributed by atoms with Crippen LogP contribution in [0.1, 0.15) is 24.8 Å². The van der Waals surface area contributed by atoms with Crippen molar-refractivity contribution >= 4 is 44.7 Å². The molecule has 0 bridgehead atoms. The van der Waals surface area contributed by atoms with Crippen LogP contribution in [0.5, 0.6) is 0 Å². The van der Waals surface area contributed by atoms with E-state index in [1.165, 1.54) is 50.2 Å². The molecule has 32 heavy (non-hydrogen) atoms. The number of fused-ring (bicyclic) bond motifs is 2. The van der Waals surface area contributed by atoms with E-state index in [9.17, 15) is 0 Å². The van der Waals surface area contributed by atoms with Crippen LogP contribution < -0.4 is 0 Å². The maximum absolute atomic E-state index is 6.47. The Labute approximate surface area is 198 Å². The second-order valence-corrected chi connectivity index (χ2v) is 9.73. The van der Waals surface area contributed by atoms with Crippen LogP contribution in [-0.4, -0.2) is 0 Å². The molecule has 1 aliphatic carbocycles. The molecular formula is C30H22Cl2. The normalized spacial score (nSPS) is 17.7. The molecule has 2 heteroatoms. The van der Waals surface area contributed by atoms with E-state index < -0.39 is 0 Å². The van der Waals surface area contributed by atoms with Crippen molar-refractivity contribution in [2.24, 2.45) is 5.92 Å². The summed E-state index contributed by atoms with van der Waals surface area (Å²) in [5, 5.41) is 6.20. The van der Waals surface area contributed by atoms with Crippen molar-refractivity contribution in [3.05, 3.63) is 107 Å². The van der Waals surface area contributed by atoms with E-state index in [0.29, 0.717) is 16.0 Å². The van der Waals surface area contributed by atoms with Crippen molar-refractivity contribution in [2.45, 2.75) is 19.3 Å². The highest BCUT2D eigenvalue weighted by Crippen LogP contribution is 2.50. The molecule has 0 heterocycles. The second-order valence-electron chi connectivity index (χ2n) is 8.91. The highest BCUT2D eigenvalue weighted by molar-refractivity contribution is 6.42. The Bertz CT molecular complexity index is 1480. The van der Waals surface area contributed by atoms with Gasteiger partial charge >= 0.3 is 0 Å². The van der Waals surface area contributed by atoms with Gasteiger partial charge in [0, 0.05) is 0 Å². The molecule has 0 saturated heterocycles. The van der Waals surface area contributed by atoms with Crippen molar-refractivity contribution in [2.75, 3.05) is 0 Å². The van der Waals surface area contributed by atoms with Gasteiger partial charge in [-0.15, -0.1) is 0 Å². The minimum absolute atomic E-state index is 0.581. The van der Waals surface area contributed by atoms with Gasteiger partial charge in [0.25, 0.3) is 0 Å². The van der Waals surface area contributed by atoms with Gasteiger partial charge in [-0.05, 0) is 79.8 Å². The van der Waals surface area contributed by atoms with Crippen molar-refractivity contribution in [3.63, 3.8) is 0 Å². The summed E-state index contributed by atoms with van der Waals surface area (Å²) in [7, 11) is 0. The van der Waals surface area contributed by atoms with E-state index in [1.54, 1.807) is 0 Å². The molecule has 0 N–H and O–H groups in total. The summed E-state index contributed by atoms with van der Waals surface area (Å²) >= 11 is 12.7. The molecule has 1 unspecified atom stereocenters. The molecule has 5 aromatic carbocycles. The molecule has 0 aromatic heterocycles. The third-order valence-corrected chi connectivity index (χ3v) is 7.60. The summed E-state index contributed by atoms with van der Waals surface area (Å²) in [6.45, 7) is 2.34. The lowest BCUT2D eigenvalue weighted by Crippen LogP contribution is -1.92. The summed E-state index contributed by atoms with van der Waals surface area (Å²) < 4.78 is 0. The smallest absolute Gasteiger partial charge is 0.0598 e.